The van der Waals surface area contributed by atoms with Crippen molar-refractivity contribution in [3.05, 3.63) is 0 Å². The minimum absolute atomic E-state index is 0.316. The number of aliphatic carboxylic acids is 1. The number of unbranched alkanes of at least 4 members (excludes halogenated alkanes) is 4. The zero-order valence-corrected chi connectivity index (χ0v) is 11.5. The van der Waals surface area contributed by atoms with E-state index in [1.54, 1.807) is 0 Å². The molecule has 3 nitrogen and oxygen atoms in total. The highest BCUT2D eigenvalue weighted by Gasteiger charge is 1.91. The van der Waals surface area contributed by atoms with Gasteiger partial charge < -0.3 is 10.0 Å². The molecule has 0 heterocycles. The fourth-order valence-electron chi connectivity index (χ4n) is 1.18. The van der Waals surface area contributed by atoms with Crippen LogP contribution in [0.2, 0.25) is 0 Å². The van der Waals surface area contributed by atoms with Gasteiger partial charge in [-0.3, -0.25) is 4.79 Å². The Balaban J connectivity index is 0. The number of nitrogens with zero attached hydrogens (tertiary/aromatic N) is 1. The summed E-state index contributed by atoms with van der Waals surface area (Å²) in [5.74, 6) is -0.693. The molecule has 1 N–H and O–H groups in total. The van der Waals surface area contributed by atoms with Crippen molar-refractivity contribution < 1.29 is 9.90 Å². The maximum Gasteiger partial charge on any atom is 0.303 e. The van der Waals surface area contributed by atoms with Crippen LogP contribution in [0.1, 0.15) is 58.8 Å². The summed E-state index contributed by atoms with van der Waals surface area (Å²) in [6, 6.07) is 0. The molecule has 0 rings (SSSR count). The third-order valence-electron chi connectivity index (χ3n) is 2.20. The molecule has 0 radical (unpaired) electrons. The van der Waals surface area contributed by atoms with Gasteiger partial charge in [0.15, 0.2) is 0 Å². The Morgan fingerprint density at radius 2 is 1.56 bits per heavy atom. The molecular weight excluding hydrogens is 202 g/mol. The molecular formula is C13H29NO2. The van der Waals surface area contributed by atoms with Crippen molar-refractivity contribution in [2.24, 2.45) is 0 Å². The summed E-state index contributed by atoms with van der Waals surface area (Å²) < 4.78 is 0. The molecule has 0 saturated carbocycles. The molecule has 0 fully saturated rings. The lowest BCUT2D eigenvalue weighted by Crippen LogP contribution is -2.12. The van der Waals surface area contributed by atoms with E-state index >= 15 is 0 Å². The first-order valence-corrected chi connectivity index (χ1v) is 6.41. The third-order valence-corrected chi connectivity index (χ3v) is 2.20. The molecule has 0 atom stereocenters. The molecule has 0 aliphatic rings. The van der Waals surface area contributed by atoms with Gasteiger partial charge in [-0.1, -0.05) is 39.5 Å². The lowest BCUT2D eigenvalue weighted by molar-refractivity contribution is -0.137. The molecule has 0 unspecified atom stereocenters. The minimum Gasteiger partial charge on any atom is -0.481 e. The summed E-state index contributed by atoms with van der Waals surface area (Å²) in [7, 11) is 4.26. The topological polar surface area (TPSA) is 40.5 Å². The Kier molecular flexibility index (Phi) is 16.1. The maximum atomic E-state index is 9.76. The Bertz CT molecular complexity index is 147. The SMILES string of the molecule is CCCCC(=O)O.CCCCCCN(C)C. The highest BCUT2D eigenvalue weighted by Crippen LogP contribution is 1.98. The van der Waals surface area contributed by atoms with Gasteiger partial charge in [0.1, 0.15) is 0 Å². The zero-order chi connectivity index (χ0) is 12.8. The van der Waals surface area contributed by atoms with Crippen LogP contribution >= 0.6 is 0 Å². The van der Waals surface area contributed by atoms with Gasteiger partial charge in [-0.15, -0.1) is 0 Å². The highest BCUT2D eigenvalue weighted by atomic mass is 16.4. The number of hydrogen-bond acceptors (Lipinski definition) is 2. The van der Waals surface area contributed by atoms with Crippen LogP contribution in [0.4, 0.5) is 0 Å². The molecule has 16 heavy (non-hydrogen) atoms. The predicted octanol–water partition coefficient (Wildman–Crippen LogP) is 3.39. The van der Waals surface area contributed by atoms with Crippen molar-refractivity contribution in [1.29, 1.82) is 0 Å². The van der Waals surface area contributed by atoms with Gasteiger partial charge >= 0.3 is 5.97 Å². The first kappa shape index (κ1) is 17.8. The Hall–Kier alpha value is -0.570. The molecule has 0 spiro atoms. The van der Waals surface area contributed by atoms with Gasteiger partial charge in [-0.25, -0.2) is 0 Å². The number of carbonyl (C=O) groups is 1. The number of rotatable bonds is 8. The summed E-state index contributed by atoms with van der Waals surface area (Å²) in [4.78, 5) is 12.0. The molecule has 0 aliphatic carbocycles. The van der Waals surface area contributed by atoms with Crippen LogP contribution in [-0.2, 0) is 4.79 Å². The Labute approximate surface area is 101 Å². The molecule has 0 aromatic rings. The van der Waals surface area contributed by atoms with E-state index in [1.807, 2.05) is 6.92 Å². The van der Waals surface area contributed by atoms with E-state index in [0.29, 0.717) is 6.42 Å². The molecule has 0 amide bonds. The normalized spacial score (nSPS) is 9.81. The van der Waals surface area contributed by atoms with Crippen LogP contribution in [0.3, 0.4) is 0 Å². The molecule has 98 valence electrons. The minimum atomic E-state index is -0.693. The van der Waals surface area contributed by atoms with Crippen LogP contribution < -0.4 is 0 Å². The summed E-state index contributed by atoms with van der Waals surface area (Å²) in [5, 5.41) is 8.04. The van der Waals surface area contributed by atoms with Crippen LogP contribution in [0.5, 0.6) is 0 Å². The molecule has 0 aliphatic heterocycles. The highest BCUT2D eigenvalue weighted by molar-refractivity contribution is 5.66. The quantitative estimate of drug-likeness (QED) is 0.651. The number of carboxylic acids is 1. The van der Waals surface area contributed by atoms with Gasteiger partial charge in [0, 0.05) is 6.42 Å². The van der Waals surface area contributed by atoms with E-state index in [9.17, 15) is 4.79 Å². The Morgan fingerprint density at radius 1 is 1.00 bits per heavy atom. The van der Waals surface area contributed by atoms with E-state index in [1.165, 1.54) is 32.2 Å². The van der Waals surface area contributed by atoms with E-state index in [4.69, 9.17) is 5.11 Å². The van der Waals surface area contributed by atoms with Crippen molar-refractivity contribution >= 4 is 5.97 Å². The van der Waals surface area contributed by atoms with Gasteiger partial charge in [-0.05, 0) is 33.5 Å². The maximum absolute atomic E-state index is 9.76. The largest absolute Gasteiger partial charge is 0.481 e. The number of hydrogen-bond donors (Lipinski definition) is 1. The van der Waals surface area contributed by atoms with Crippen molar-refractivity contribution in [2.75, 3.05) is 20.6 Å². The van der Waals surface area contributed by atoms with E-state index < -0.39 is 5.97 Å². The predicted molar refractivity (Wildman–Crippen MR) is 69.9 cm³/mol. The van der Waals surface area contributed by atoms with Crippen LogP contribution in [0.25, 0.3) is 0 Å². The van der Waals surface area contributed by atoms with E-state index in [-0.39, 0.29) is 0 Å². The summed E-state index contributed by atoms with van der Waals surface area (Å²) in [5.41, 5.74) is 0. The lowest BCUT2D eigenvalue weighted by atomic mass is 10.2. The van der Waals surface area contributed by atoms with Crippen LogP contribution in [0, 0.1) is 0 Å². The fourth-order valence-corrected chi connectivity index (χ4v) is 1.18. The Morgan fingerprint density at radius 3 is 1.88 bits per heavy atom. The van der Waals surface area contributed by atoms with Crippen molar-refractivity contribution in [3.63, 3.8) is 0 Å². The monoisotopic (exact) mass is 231 g/mol. The first-order valence-electron chi connectivity index (χ1n) is 6.41. The van der Waals surface area contributed by atoms with Gasteiger partial charge in [0.25, 0.3) is 0 Å². The smallest absolute Gasteiger partial charge is 0.303 e. The summed E-state index contributed by atoms with van der Waals surface area (Å²) in [6.45, 7) is 5.47. The molecule has 0 aromatic heterocycles. The molecule has 3 heteroatoms. The number of carboxylic acid groups (broad SMARTS) is 1. The average molecular weight is 231 g/mol. The molecule has 0 aromatic carbocycles. The first-order chi connectivity index (χ1) is 7.54. The summed E-state index contributed by atoms with van der Waals surface area (Å²) >= 11 is 0. The third kappa shape index (κ3) is 23.3. The van der Waals surface area contributed by atoms with E-state index in [2.05, 4.69) is 25.9 Å². The van der Waals surface area contributed by atoms with Crippen molar-refractivity contribution in [1.82, 2.24) is 4.90 Å². The average Bonchev–Trinajstić information content (AvgIpc) is 2.22. The molecule has 0 saturated heterocycles. The van der Waals surface area contributed by atoms with Gasteiger partial charge in [0.2, 0.25) is 0 Å². The second kappa shape index (κ2) is 14.4. The van der Waals surface area contributed by atoms with Crippen LogP contribution in [0.15, 0.2) is 0 Å². The second-order valence-corrected chi connectivity index (χ2v) is 4.36. The van der Waals surface area contributed by atoms with E-state index in [0.717, 1.165) is 12.8 Å². The molecule has 0 bridgehead atoms. The van der Waals surface area contributed by atoms with Crippen molar-refractivity contribution in [2.45, 2.75) is 58.8 Å². The standard InChI is InChI=1S/C8H19N.C5H10O2/c1-4-5-6-7-8-9(2)3;1-2-3-4-5(6)7/h4-8H2,1-3H3;2-4H2,1H3,(H,6,7). The second-order valence-electron chi connectivity index (χ2n) is 4.36. The van der Waals surface area contributed by atoms with Crippen LogP contribution in [-0.4, -0.2) is 36.6 Å². The lowest BCUT2D eigenvalue weighted by Gasteiger charge is -2.07. The zero-order valence-electron chi connectivity index (χ0n) is 11.5. The fraction of sp³-hybridized carbons (Fsp3) is 0.923. The van der Waals surface area contributed by atoms with Gasteiger partial charge in [0.05, 0.1) is 0 Å². The summed E-state index contributed by atoms with van der Waals surface area (Å²) in [6.07, 6.45) is 7.58. The van der Waals surface area contributed by atoms with Gasteiger partial charge in [-0.2, -0.15) is 0 Å². The van der Waals surface area contributed by atoms with Crippen molar-refractivity contribution in [3.8, 4) is 0 Å².